The molecule has 0 aliphatic carbocycles. The number of hydrogen-bond donors (Lipinski definition) is 0. The van der Waals surface area contributed by atoms with Gasteiger partial charge in [-0.3, -0.25) is 0 Å². The average molecular weight is 382 g/mol. The molecule has 0 saturated carbocycles. The summed E-state index contributed by atoms with van der Waals surface area (Å²) in [5, 5.41) is 4.70. The number of nitroso groups, excluding NO2 is 1. The molecule has 2 atom stereocenters. The fourth-order valence-electron chi connectivity index (χ4n) is 3.56. The van der Waals surface area contributed by atoms with E-state index in [4.69, 9.17) is 0 Å². The van der Waals surface area contributed by atoms with E-state index in [2.05, 4.69) is 32.2 Å². The molecule has 0 amide bonds. The van der Waals surface area contributed by atoms with Gasteiger partial charge in [0.1, 0.15) is 0 Å². The second-order valence-corrected chi connectivity index (χ2v) is 21.5. The first-order chi connectivity index (χ1) is 9.40. The molecule has 3 heterocycles. The van der Waals surface area contributed by atoms with Gasteiger partial charge in [0.05, 0.1) is 0 Å². The van der Waals surface area contributed by atoms with Gasteiger partial charge in [-0.2, -0.15) is 0 Å². The fourth-order valence-corrected chi connectivity index (χ4v) is 7.44. The molecule has 20 heavy (non-hydrogen) atoms. The Morgan fingerprint density at radius 2 is 1.95 bits per heavy atom. The summed E-state index contributed by atoms with van der Waals surface area (Å²) in [5.74, 6) is 0.652. The molecule has 2 aliphatic heterocycles. The molecule has 1 fully saturated rings. The molecule has 0 unspecified atom stereocenters. The van der Waals surface area contributed by atoms with Crippen LogP contribution in [0.2, 0.25) is 14.8 Å². The van der Waals surface area contributed by atoms with E-state index in [1.54, 1.807) is 5.01 Å². The molecule has 2 bridgehead atoms. The van der Waals surface area contributed by atoms with Crippen LogP contribution < -0.4 is 9.14 Å². The molecule has 2 aliphatic rings. The van der Waals surface area contributed by atoms with Crippen LogP contribution in [0.1, 0.15) is 18.0 Å². The maximum absolute atomic E-state index is 12.8. The van der Waals surface area contributed by atoms with Crippen molar-refractivity contribution in [2.45, 2.75) is 33.7 Å². The molecule has 108 valence electrons. The van der Waals surface area contributed by atoms with Crippen LogP contribution in [-0.2, 0) is 6.54 Å². The van der Waals surface area contributed by atoms with Crippen molar-refractivity contribution in [3.63, 3.8) is 0 Å². The number of nitrogens with zero attached hydrogens (tertiary/aromatic N) is 3. The Morgan fingerprint density at radius 3 is 2.60 bits per heavy atom. The van der Waals surface area contributed by atoms with E-state index in [-0.39, 0.29) is 11.5 Å². The van der Waals surface area contributed by atoms with Crippen LogP contribution in [0, 0.1) is 10.8 Å². The van der Waals surface area contributed by atoms with Crippen molar-refractivity contribution in [2.75, 3.05) is 13.1 Å². The Labute approximate surface area is 122 Å². The van der Waals surface area contributed by atoms with Crippen LogP contribution in [0.3, 0.4) is 0 Å². The van der Waals surface area contributed by atoms with Gasteiger partial charge < -0.3 is 0 Å². The SMILES string of the molecule is [CH3][Sn]([CH3])([CH3])[c]1ccc2n(c1=O)C[C@@H]1C[C@@H]2CN(N=O)C1. The van der Waals surface area contributed by atoms with Crippen molar-refractivity contribution >= 4 is 22.0 Å². The van der Waals surface area contributed by atoms with Gasteiger partial charge in [0.25, 0.3) is 0 Å². The number of piperidine rings is 1. The van der Waals surface area contributed by atoms with Crippen molar-refractivity contribution in [2.24, 2.45) is 11.2 Å². The van der Waals surface area contributed by atoms with Gasteiger partial charge >= 0.3 is 123 Å². The Bertz CT molecular complexity index is 605. The topological polar surface area (TPSA) is 54.7 Å². The third-order valence-corrected chi connectivity index (χ3v) is 10.2. The number of fused-ring (bicyclic) bond motifs is 4. The summed E-state index contributed by atoms with van der Waals surface area (Å²) in [6.45, 7) is 2.08. The van der Waals surface area contributed by atoms with Gasteiger partial charge in [-0.15, -0.1) is 0 Å². The summed E-state index contributed by atoms with van der Waals surface area (Å²) >= 11 is -2.36. The summed E-state index contributed by atoms with van der Waals surface area (Å²) in [7, 11) is 0. The van der Waals surface area contributed by atoms with E-state index < -0.39 is 18.4 Å². The van der Waals surface area contributed by atoms with Crippen molar-refractivity contribution in [3.8, 4) is 0 Å². The Hall–Kier alpha value is -0.851. The van der Waals surface area contributed by atoms with Gasteiger partial charge in [0, 0.05) is 0 Å². The number of hydrogen-bond acceptors (Lipinski definition) is 3. The molecule has 5 nitrogen and oxygen atoms in total. The third kappa shape index (κ3) is 2.29. The minimum absolute atomic E-state index is 0.230. The quantitative estimate of drug-likeness (QED) is 0.576. The maximum atomic E-state index is 12.8. The summed E-state index contributed by atoms with van der Waals surface area (Å²) in [6.07, 6.45) is 1.07. The van der Waals surface area contributed by atoms with Gasteiger partial charge in [-0.1, -0.05) is 0 Å². The number of aromatic nitrogens is 1. The molecule has 1 saturated heterocycles. The third-order valence-electron chi connectivity index (χ3n) is 4.51. The van der Waals surface area contributed by atoms with Crippen LogP contribution in [0.15, 0.2) is 22.2 Å². The molecule has 0 aromatic carbocycles. The van der Waals surface area contributed by atoms with Crippen molar-refractivity contribution in [1.82, 2.24) is 9.58 Å². The predicted octanol–water partition coefficient (Wildman–Crippen LogP) is 1.49. The number of rotatable bonds is 2. The molecule has 6 heteroatoms. The fraction of sp³-hybridized carbons (Fsp3) is 0.643. The number of pyridine rings is 1. The van der Waals surface area contributed by atoms with Crippen molar-refractivity contribution < 1.29 is 0 Å². The van der Waals surface area contributed by atoms with E-state index in [1.165, 1.54) is 0 Å². The van der Waals surface area contributed by atoms with Crippen LogP contribution in [0.5, 0.6) is 0 Å². The molecule has 0 radical (unpaired) electrons. The van der Waals surface area contributed by atoms with Gasteiger partial charge in [-0.25, -0.2) is 0 Å². The Kier molecular flexibility index (Phi) is 3.42. The second kappa shape index (κ2) is 4.86. The first kappa shape index (κ1) is 14.1. The predicted molar refractivity (Wildman–Crippen MR) is 81.9 cm³/mol. The molecule has 0 spiro atoms. The van der Waals surface area contributed by atoms with Gasteiger partial charge in [0.15, 0.2) is 0 Å². The van der Waals surface area contributed by atoms with Gasteiger partial charge in [-0.05, 0) is 0 Å². The van der Waals surface area contributed by atoms with Crippen LogP contribution >= 0.6 is 0 Å². The molecule has 0 N–H and O–H groups in total. The van der Waals surface area contributed by atoms with Crippen molar-refractivity contribution in [1.29, 1.82) is 0 Å². The average Bonchev–Trinajstić information content (AvgIpc) is 2.38. The van der Waals surface area contributed by atoms with E-state index in [0.717, 1.165) is 22.2 Å². The van der Waals surface area contributed by atoms with E-state index in [0.29, 0.717) is 19.0 Å². The van der Waals surface area contributed by atoms with E-state index in [9.17, 15) is 9.70 Å². The summed E-state index contributed by atoms with van der Waals surface area (Å²) in [5.41, 5.74) is 1.33. The Balaban J connectivity index is 2.07. The summed E-state index contributed by atoms with van der Waals surface area (Å²) in [6, 6.07) is 4.17. The zero-order chi connectivity index (χ0) is 14.5. The first-order valence-electron chi connectivity index (χ1n) is 7.22. The zero-order valence-corrected chi connectivity index (χ0v) is 15.2. The monoisotopic (exact) mass is 383 g/mol. The van der Waals surface area contributed by atoms with Crippen LogP contribution in [-0.4, -0.2) is 41.0 Å². The van der Waals surface area contributed by atoms with Crippen molar-refractivity contribution in [3.05, 3.63) is 33.1 Å². The molecule has 1 aromatic heterocycles. The molecule has 1 aromatic rings. The molecule has 3 rings (SSSR count). The first-order valence-corrected chi connectivity index (χ1v) is 17.2. The molecular formula is C14H21N3O2Sn. The van der Waals surface area contributed by atoms with Gasteiger partial charge in [0.2, 0.25) is 0 Å². The minimum atomic E-state index is -2.36. The summed E-state index contributed by atoms with van der Waals surface area (Å²) in [4.78, 5) is 30.4. The Morgan fingerprint density at radius 1 is 1.20 bits per heavy atom. The van der Waals surface area contributed by atoms with Crippen LogP contribution in [0.4, 0.5) is 0 Å². The molecular weight excluding hydrogens is 361 g/mol. The summed E-state index contributed by atoms with van der Waals surface area (Å²) < 4.78 is 3.06. The normalized spacial score (nSPS) is 25.2. The van der Waals surface area contributed by atoms with E-state index >= 15 is 0 Å². The van der Waals surface area contributed by atoms with E-state index in [1.807, 2.05) is 4.57 Å². The van der Waals surface area contributed by atoms with Crippen LogP contribution in [0.25, 0.3) is 0 Å². The standard InChI is InChI=1S/C11H12N3O2.3CH3.Sn/c15-11-3-1-2-10-9-4-8(6-14(10)11)5-13(7-9)12-16;;;;/h1-2,8-9H,4-7H2;3*1H3;/t8-,9-;;;;/m1..../s1. The zero-order valence-electron chi connectivity index (χ0n) is 12.3. The second-order valence-electron chi connectivity index (χ2n) is 7.09.